The highest BCUT2D eigenvalue weighted by molar-refractivity contribution is 5.78. The Morgan fingerprint density at radius 1 is 0.864 bits per heavy atom. The van der Waals surface area contributed by atoms with Crippen LogP contribution in [0, 0.1) is 0 Å². The van der Waals surface area contributed by atoms with Gasteiger partial charge in [-0.25, -0.2) is 4.79 Å². The van der Waals surface area contributed by atoms with Crippen LogP contribution in [0.15, 0.2) is 0 Å². The molecule has 0 aromatic carbocycles. The van der Waals surface area contributed by atoms with Gasteiger partial charge in [0.05, 0.1) is 24.3 Å². The van der Waals surface area contributed by atoms with Crippen LogP contribution in [0.4, 0.5) is 4.79 Å². The quantitative estimate of drug-likeness (QED) is 0.622. The summed E-state index contributed by atoms with van der Waals surface area (Å²) in [7, 11) is 3.45. The van der Waals surface area contributed by atoms with Crippen LogP contribution in [0.25, 0.3) is 0 Å². The summed E-state index contributed by atoms with van der Waals surface area (Å²) in [5, 5.41) is 0. The van der Waals surface area contributed by atoms with Crippen LogP contribution in [-0.4, -0.2) is 67.4 Å². The van der Waals surface area contributed by atoms with Crippen molar-refractivity contribution in [3.8, 4) is 0 Å². The van der Waals surface area contributed by atoms with Crippen LogP contribution in [0.2, 0.25) is 0 Å². The van der Waals surface area contributed by atoms with E-state index in [-0.39, 0.29) is 30.3 Å². The molecule has 1 rings (SSSR count). The standard InChI is InChI=1S/C17H34N2O3/c1-7-13(21-5)11-18-15(9-3)16(10-4)19(17(18)20)12-14(8-2)22-6/h13-16H,7-12H2,1-6H3. The molecule has 1 aliphatic heterocycles. The minimum absolute atomic E-state index is 0.111. The number of methoxy groups -OCH3 is 2. The molecule has 0 N–H and O–H groups in total. The number of rotatable bonds is 10. The van der Waals surface area contributed by atoms with Gasteiger partial charge >= 0.3 is 6.03 Å². The van der Waals surface area contributed by atoms with Crippen LogP contribution >= 0.6 is 0 Å². The number of ether oxygens (including phenoxy) is 2. The lowest BCUT2D eigenvalue weighted by Gasteiger charge is -2.28. The second-order valence-corrected chi connectivity index (χ2v) is 6.07. The molecule has 5 heteroatoms. The predicted octanol–water partition coefficient (Wildman–Crippen LogP) is 3.13. The van der Waals surface area contributed by atoms with E-state index < -0.39 is 0 Å². The van der Waals surface area contributed by atoms with Crippen molar-refractivity contribution in [1.82, 2.24) is 9.80 Å². The van der Waals surface area contributed by atoms with Crippen molar-refractivity contribution in [2.45, 2.75) is 77.7 Å². The molecule has 1 saturated heterocycles. The molecule has 4 atom stereocenters. The average molecular weight is 314 g/mol. The first kappa shape index (κ1) is 19.2. The van der Waals surface area contributed by atoms with Crippen LogP contribution in [0.1, 0.15) is 53.4 Å². The Hall–Kier alpha value is -0.810. The topological polar surface area (TPSA) is 42.0 Å². The maximum absolute atomic E-state index is 12.9. The molecule has 1 aliphatic rings. The fourth-order valence-electron chi connectivity index (χ4n) is 3.46. The monoisotopic (exact) mass is 314 g/mol. The number of nitrogens with zero attached hydrogens (tertiary/aromatic N) is 2. The van der Waals surface area contributed by atoms with E-state index >= 15 is 0 Å². The molecule has 1 heterocycles. The van der Waals surface area contributed by atoms with E-state index in [9.17, 15) is 4.79 Å². The Balaban J connectivity index is 2.92. The van der Waals surface area contributed by atoms with E-state index in [4.69, 9.17) is 9.47 Å². The third-order valence-electron chi connectivity index (χ3n) is 4.95. The molecule has 1 fully saturated rings. The van der Waals surface area contributed by atoms with Gasteiger partial charge in [-0.05, 0) is 25.7 Å². The van der Waals surface area contributed by atoms with Gasteiger partial charge in [0.25, 0.3) is 0 Å². The summed E-state index contributed by atoms with van der Waals surface area (Å²) in [4.78, 5) is 17.0. The van der Waals surface area contributed by atoms with Crippen molar-refractivity contribution in [3.63, 3.8) is 0 Å². The minimum Gasteiger partial charge on any atom is -0.380 e. The van der Waals surface area contributed by atoms with E-state index in [0.29, 0.717) is 13.1 Å². The first-order chi connectivity index (χ1) is 10.6. The largest absolute Gasteiger partial charge is 0.380 e. The molecular formula is C17H34N2O3. The first-order valence-corrected chi connectivity index (χ1v) is 8.70. The second-order valence-electron chi connectivity index (χ2n) is 6.07. The lowest BCUT2D eigenvalue weighted by Crippen LogP contribution is -2.42. The Morgan fingerprint density at radius 2 is 1.23 bits per heavy atom. The van der Waals surface area contributed by atoms with E-state index in [0.717, 1.165) is 25.7 Å². The maximum Gasteiger partial charge on any atom is 0.320 e. The molecule has 0 saturated carbocycles. The molecular weight excluding hydrogens is 280 g/mol. The van der Waals surface area contributed by atoms with Gasteiger partial charge in [-0.3, -0.25) is 0 Å². The summed E-state index contributed by atoms with van der Waals surface area (Å²) in [6.07, 6.45) is 4.02. The molecule has 0 bridgehead atoms. The highest BCUT2D eigenvalue weighted by atomic mass is 16.5. The smallest absolute Gasteiger partial charge is 0.320 e. The molecule has 0 spiro atoms. The number of carbonyl (C=O) groups is 1. The van der Waals surface area contributed by atoms with Crippen molar-refractivity contribution in [2.24, 2.45) is 0 Å². The highest BCUT2D eigenvalue weighted by Crippen LogP contribution is 2.29. The molecule has 0 radical (unpaired) electrons. The highest BCUT2D eigenvalue weighted by Gasteiger charge is 2.44. The SMILES string of the molecule is CCC(CN1C(=O)N(CC(CC)OC)C(CC)C1CC)OC. The third-order valence-corrected chi connectivity index (χ3v) is 4.95. The van der Waals surface area contributed by atoms with Crippen LogP contribution in [-0.2, 0) is 9.47 Å². The van der Waals surface area contributed by atoms with Crippen molar-refractivity contribution < 1.29 is 14.3 Å². The Morgan fingerprint density at radius 3 is 1.45 bits per heavy atom. The molecule has 130 valence electrons. The zero-order chi connectivity index (χ0) is 16.7. The number of urea groups is 1. The summed E-state index contributed by atoms with van der Waals surface area (Å²) in [5.74, 6) is 0. The summed E-state index contributed by atoms with van der Waals surface area (Å²) in [6.45, 7) is 9.89. The zero-order valence-electron chi connectivity index (χ0n) is 15.2. The van der Waals surface area contributed by atoms with E-state index in [1.165, 1.54) is 0 Å². The van der Waals surface area contributed by atoms with Crippen LogP contribution < -0.4 is 0 Å². The number of hydrogen-bond donors (Lipinski definition) is 0. The van der Waals surface area contributed by atoms with Crippen molar-refractivity contribution >= 4 is 6.03 Å². The van der Waals surface area contributed by atoms with Gasteiger partial charge in [0.2, 0.25) is 0 Å². The molecule has 0 aliphatic carbocycles. The molecule has 2 amide bonds. The lowest BCUT2D eigenvalue weighted by atomic mass is 10.0. The van der Waals surface area contributed by atoms with Crippen molar-refractivity contribution in [1.29, 1.82) is 0 Å². The van der Waals surface area contributed by atoms with Gasteiger partial charge in [0, 0.05) is 27.3 Å². The summed E-state index contributed by atoms with van der Waals surface area (Å²) in [5.41, 5.74) is 0. The summed E-state index contributed by atoms with van der Waals surface area (Å²) in [6, 6.07) is 0.692. The van der Waals surface area contributed by atoms with Crippen molar-refractivity contribution in [3.05, 3.63) is 0 Å². The fourth-order valence-corrected chi connectivity index (χ4v) is 3.46. The van der Waals surface area contributed by atoms with Crippen LogP contribution in [0.5, 0.6) is 0 Å². The average Bonchev–Trinajstić information content (AvgIpc) is 2.80. The van der Waals surface area contributed by atoms with Gasteiger partial charge < -0.3 is 19.3 Å². The van der Waals surface area contributed by atoms with Gasteiger partial charge in [-0.15, -0.1) is 0 Å². The summed E-state index contributed by atoms with van der Waals surface area (Å²) >= 11 is 0. The maximum atomic E-state index is 12.9. The zero-order valence-corrected chi connectivity index (χ0v) is 15.2. The predicted molar refractivity (Wildman–Crippen MR) is 89.1 cm³/mol. The molecule has 22 heavy (non-hydrogen) atoms. The summed E-state index contributed by atoms with van der Waals surface area (Å²) < 4.78 is 11.0. The molecule has 0 aromatic heterocycles. The second kappa shape index (κ2) is 9.36. The van der Waals surface area contributed by atoms with Crippen molar-refractivity contribution in [2.75, 3.05) is 27.3 Å². The van der Waals surface area contributed by atoms with E-state index in [1.54, 1.807) is 14.2 Å². The molecule has 4 unspecified atom stereocenters. The number of carbonyl (C=O) groups excluding carboxylic acids is 1. The minimum atomic E-state index is 0.111. The van der Waals surface area contributed by atoms with Gasteiger partial charge in [-0.2, -0.15) is 0 Å². The van der Waals surface area contributed by atoms with Crippen LogP contribution in [0.3, 0.4) is 0 Å². The number of hydrogen-bond acceptors (Lipinski definition) is 3. The normalized spacial score (nSPS) is 24.9. The van der Waals surface area contributed by atoms with Gasteiger partial charge in [-0.1, -0.05) is 27.7 Å². The fraction of sp³-hybridized carbons (Fsp3) is 0.941. The lowest BCUT2D eigenvalue weighted by molar-refractivity contribution is 0.0621. The van der Waals surface area contributed by atoms with Gasteiger partial charge in [0.1, 0.15) is 0 Å². The first-order valence-electron chi connectivity index (χ1n) is 8.70. The van der Waals surface area contributed by atoms with E-state index in [2.05, 4.69) is 27.7 Å². The van der Waals surface area contributed by atoms with E-state index in [1.807, 2.05) is 9.80 Å². The third kappa shape index (κ3) is 4.13. The molecule has 0 aromatic rings. The Kier molecular flexibility index (Phi) is 8.18. The number of amides is 2. The Labute approximate surface area is 135 Å². The Bertz CT molecular complexity index is 300. The molecule has 5 nitrogen and oxygen atoms in total. The van der Waals surface area contributed by atoms with Gasteiger partial charge in [0.15, 0.2) is 0 Å².